The zero-order valence-electron chi connectivity index (χ0n) is 14.5. The molecule has 1 aliphatic rings. The van der Waals surface area contributed by atoms with Crippen molar-refractivity contribution in [2.45, 2.75) is 19.0 Å². The van der Waals surface area contributed by atoms with Crippen molar-refractivity contribution in [1.82, 2.24) is 9.78 Å². The van der Waals surface area contributed by atoms with Crippen molar-refractivity contribution in [3.63, 3.8) is 0 Å². The Morgan fingerprint density at radius 2 is 1.82 bits per heavy atom. The summed E-state index contributed by atoms with van der Waals surface area (Å²) >= 11 is 0. The monoisotopic (exact) mass is 385 g/mol. The van der Waals surface area contributed by atoms with Crippen LogP contribution in [0.1, 0.15) is 33.6 Å². The van der Waals surface area contributed by atoms with Crippen LogP contribution in [0.5, 0.6) is 0 Å². The number of hydrogen-bond acceptors (Lipinski definition) is 3. The first kappa shape index (κ1) is 18.0. The molecule has 0 saturated carbocycles. The van der Waals surface area contributed by atoms with Crippen molar-refractivity contribution in [3.8, 4) is 16.9 Å². The Morgan fingerprint density at radius 3 is 2.46 bits per heavy atom. The minimum absolute atomic E-state index is 0.0578. The van der Waals surface area contributed by atoms with Gasteiger partial charge in [-0.05, 0) is 29.8 Å². The summed E-state index contributed by atoms with van der Waals surface area (Å²) in [6.45, 7) is 0. The van der Waals surface area contributed by atoms with E-state index in [1.54, 1.807) is 30.3 Å². The van der Waals surface area contributed by atoms with E-state index in [1.807, 2.05) is 0 Å². The van der Waals surface area contributed by atoms with Crippen molar-refractivity contribution in [1.29, 1.82) is 0 Å². The molecule has 0 bridgehead atoms. The average Bonchev–Trinajstić information content (AvgIpc) is 3.17. The van der Waals surface area contributed by atoms with E-state index in [1.165, 1.54) is 10.7 Å². The highest BCUT2D eigenvalue weighted by molar-refractivity contribution is 6.08. The number of aromatic nitrogens is 2. The maximum atomic E-state index is 13.2. The SMILES string of the molecule is NC(=O)CC(=O)c1nn(-c2ccccc2)c2c1Cc1ccc(C(F)(F)F)cc1-2. The number of carbonyl (C=O) groups excluding carboxylic acids is 2. The smallest absolute Gasteiger partial charge is 0.369 e. The number of nitrogens with two attached hydrogens (primary N) is 1. The van der Waals surface area contributed by atoms with Crippen molar-refractivity contribution >= 4 is 11.7 Å². The first-order valence-electron chi connectivity index (χ1n) is 8.45. The normalized spacial score (nSPS) is 12.5. The van der Waals surface area contributed by atoms with Gasteiger partial charge in [-0.2, -0.15) is 18.3 Å². The average molecular weight is 385 g/mol. The number of alkyl halides is 3. The molecule has 142 valence electrons. The second-order valence-electron chi connectivity index (χ2n) is 6.54. The Morgan fingerprint density at radius 1 is 1.11 bits per heavy atom. The van der Waals surface area contributed by atoms with Gasteiger partial charge in [-0.3, -0.25) is 9.59 Å². The molecule has 0 radical (unpaired) electrons. The lowest BCUT2D eigenvalue weighted by Crippen LogP contribution is -2.17. The lowest BCUT2D eigenvalue weighted by molar-refractivity contribution is -0.137. The summed E-state index contributed by atoms with van der Waals surface area (Å²) in [4.78, 5) is 23.7. The number of Topliss-reactive ketones (excluding diaryl/α,β-unsaturated/α-hetero) is 1. The van der Waals surface area contributed by atoms with Gasteiger partial charge in [0.1, 0.15) is 5.69 Å². The van der Waals surface area contributed by atoms with Crippen molar-refractivity contribution < 1.29 is 22.8 Å². The molecule has 0 fully saturated rings. The molecule has 2 aromatic carbocycles. The summed E-state index contributed by atoms with van der Waals surface area (Å²) in [5, 5.41) is 4.32. The number of rotatable bonds is 4. The molecule has 1 amide bonds. The highest BCUT2D eigenvalue weighted by Gasteiger charge is 2.35. The Bertz CT molecular complexity index is 1100. The Balaban J connectivity index is 1.94. The van der Waals surface area contributed by atoms with E-state index in [0.29, 0.717) is 28.1 Å². The van der Waals surface area contributed by atoms with Gasteiger partial charge in [-0.15, -0.1) is 0 Å². The quantitative estimate of drug-likeness (QED) is 0.431. The van der Waals surface area contributed by atoms with Crippen LogP contribution in [-0.2, 0) is 17.4 Å². The van der Waals surface area contributed by atoms with Crippen LogP contribution < -0.4 is 5.73 Å². The standard InChI is InChI=1S/C20H14F3N3O2/c21-20(22,23)12-7-6-11-8-15-18(16(27)10-17(24)28)25-26(19(15)14(11)9-12)13-4-2-1-3-5-13/h1-7,9H,8,10H2,(H2,24,28). The summed E-state index contributed by atoms with van der Waals surface area (Å²) in [6, 6.07) is 12.3. The number of primary amides is 1. The van der Waals surface area contributed by atoms with Gasteiger partial charge in [0.05, 0.1) is 23.4 Å². The third-order valence-corrected chi connectivity index (χ3v) is 4.64. The van der Waals surface area contributed by atoms with Crippen molar-refractivity contribution in [2.75, 3.05) is 0 Å². The lowest BCUT2D eigenvalue weighted by Gasteiger charge is -2.11. The maximum Gasteiger partial charge on any atom is 0.416 e. The Kier molecular flexibility index (Phi) is 4.06. The zero-order chi connectivity index (χ0) is 20.1. The van der Waals surface area contributed by atoms with Gasteiger partial charge in [-0.1, -0.05) is 24.3 Å². The van der Waals surface area contributed by atoms with E-state index in [0.717, 1.165) is 12.1 Å². The van der Waals surface area contributed by atoms with Crippen molar-refractivity contribution in [3.05, 3.63) is 70.9 Å². The van der Waals surface area contributed by atoms with E-state index < -0.39 is 29.9 Å². The molecule has 1 aliphatic carbocycles. The first-order valence-corrected chi connectivity index (χ1v) is 8.45. The third-order valence-electron chi connectivity index (χ3n) is 4.64. The molecule has 0 unspecified atom stereocenters. The molecule has 8 heteroatoms. The zero-order valence-corrected chi connectivity index (χ0v) is 14.5. The van der Waals surface area contributed by atoms with Gasteiger partial charge in [0.25, 0.3) is 0 Å². The number of ketones is 1. The molecular weight excluding hydrogens is 371 g/mol. The second kappa shape index (κ2) is 6.33. The molecule has 0 atom stereocenters. The molecule has 3 aromatic rings. The summed E-state index contributed by atoms with van der Waals surface area (Å²) in [7, 11) is 0. The summed E-state index contributed by atoms with van der Waals surface area (Å²) in [6.07, 6.45) is -4.74. The topological polar surface area (TPSA) is 78.0 Å². The number of amides is 1. The molecule has 0 spiro atoms. The maximum absolute atomic E-state index is 13.2. The van der Waals surface area contributed by atoms with Crippen LogP contribution in [0.2, 0.25) is 0 Å². The fraction of sp³-hybridized carbons (Fsp3) is 0.150. The number of halogens is 3. The highest BCUT2D eigenvalue weighted by Crippen LogP contribution is 2.42. The predicted octanol–water partition coefficient (Wildman–Crippen LogP) is 3.52. The van der Waals surface area contributed by atoms with Crippen LogP contribution in [-0.4, -0.2) is 21.5 Å². The van der Waals surface area contributed by atoms with Gasteiger partial charge in [0.15, 0.2) is 5.78 Å². The van der Waals surface area contributed by atoms with Gasteiger partial charge in [-0.25, -0.2) is 4.68 Å². The third kappa shape index (κ3) is 2.96. The van der Waals surface area contributed by atoms with E-state index in [4.69, 9.17) is 5.73 Å². The first-order chi connectivity index (χ1) is 13.3. The van der Waals surface area contributed by atoms with Crippen LogP contribution >= 0.6 is 0 Å². The molecule has 1 heterocycles. The predicted molar refractivity (Wildman–Crippen MR) is 94.9 cm³/mol. The fourth-order valence-electron chi connectivity index (χ4n) is 3.43. The number of para-hydroxylation sites is 1. The second-order valence-corrected chi connectivity index (χ2v) is 6.54. The van der Waals surface area contributed by atoms with Gasteiger partial charge in [0, 0.05) is 17.5 Å². The molecule has 2 N–H and O–H groups in total. The number of carbonyl (C=O) groups is 2. The Labute approximate surface area is 157 Å². The van der Waals surface area contributed by atoms with E-state index in [-0.39, 0.29) is 12.1 Å². The highest BCUT2D eigenvalue weighted by atomic mass is 19.4. The summed E-state index contributed by atoms with van der Waals surface area (Å²) < 4.78 is 41.1. The van der Waals surface area contributed by atoms with Crippen molar-refractivity contribution in [2.24, 2.45) is 5.73 Å². The van der Waals surface area contributed by atoms with Crippen LogP contribution in [0.3, 0.4) is 0 Å². The van der Waals surface area contributed by atoms with E-state index in [2.05, 4.69) is 5.10 Å². The van der Waals surface area contributed by atoms with Gasteiger partial charge < -0.3 is 5.73 Å². The van der Waals surface area contributed by atoms with Gasteiger partial charge in [0.2, 0.25) is 5.91 Å². The Hall–Kier alpha value is -3.42. The van der Waals surface area contributed by atoms with E-state index in [9.17, 15) is 22.8 Å². The molecule has 5 nitrogen and oxygen atoms in total. The van der Waals surface area contributed by atoms with Crippen LogP contribution in [0.15, 0.2) is 48.5 Å². The molecule has 0 saturated heterocycles. The van der Waals surface area contributed by atoms with Gasteiger partial charge >= 0.3 is 6.18 Å². The molecule has 28 heavy (non-hydrogen) atoms. The minimum atomic E-state index is -4.49. The molecule has 0 aliphatic heterocycles. The van der Waals surface area contributed by atoms with Crippen LogP contribution in [0.25, 0.3) is 16.9 Å². The molecule has 4 rings (SSSR count). The van der Waals surface area contributed by atoms with Crippen LogP contribution in [0, 0.1) is 0 Å². The minimum Gasteiger partial charge on any atom is -0.369 e. The van der Waals surface area contributed by atoms with E-state index >= 15 is 0 Å². The molecule has 1 aromatic heterocycles. The summed E-state index contributed by atoms with van der Waals surface area (Å²) in [5.41, 5.74) is 6.98. The molecular formula is C20H14F3N3O2. The summed E-state index contributed by atoms with van der Waals surface area (Å²) in [5.74, 6) is -1.34. The van der Waals surface area contributed by atoms with Crippen LogP contribution in [0.4, 0.5) is 13.2 Å². The fourth-order valence-corrected chi connectivity index (χ4v) is 3.43. The number of hydrogen-bond donors (Lipinski definition) is 1. The number of fused-ring (bicyclic) bond motifs is 3. The largest absolute Gasteiger partial charge is 0.416 e. The number of nitrogens with zero attached hydrogens (tertiary/aromatic N) is 2. The lowest BCUT2D eigenvalue weighted by atomic mass is 10.1. The number of benzene rings is 2.